The lowest BCUT2D eigenvalue weighted by Crippen LogP contribution is -2.47. The van der Waals surface area contributed by atoms with Gasteiger partial charge in [-0.3, -0.25) is 19.4 Å². The van der Waals surface area contributed by atoms with Crippen molar-refractivity contribution >= 4 is 35.1 Å². The first-order chi connectivity index (χ1) is 23.4. The van der Waals surface area contributed by atoms with Crippen LogP contribution < -0.4 is 0 Å². The second kappa shape index (κ2) is 14.4. The standard InChI is InChI=1S/C40H43ClN2O5/c1-47-24-30-21-33-38(40(46)43(39(33)45)31-16-18-42(19-17-31)23-26-8-4-2-5-9-26)34-25-48-36(37(30)34)15-13-28(27-10-6-3-7-11-27)20-29-12-14-32(44)22-35(29)41/h2-12,14,20,22,31,33-34,36,38,44H,13,15-19,21,23-25H2,1H3/b28-20-/t33-,34+,36-,38-/m1/s1. The van der Waals surface area contributed by atoms with Crippen LogP contribution in [0.5, 0.6) is 5.75 Å². The Bertz CT molecular complexity index is 1700. The second-order valence-electron chi connectivity index (χ2n) is 13.6. The lowest BCUT2D eigenvalue weighted by Gasteiger charge is -2.36. The number of fused-ring (bicyclic) bond motifs is 3. The number of nitrogens with zero attached hydrogens (tertiary/aromatic N) is 2. The number of hydrogen-bond donors (Lipinski definition) is 1. The maximum absolute atomic E-state index is 14.2. The number of rotatable bonds is 10. The number of benzene rings is 3. The maximum atomic E-state index is 14.2. The van der Waals surface area contributed by atoms with Crippen LogP contribution in [0.4, 0.5) is 0 Å². The predicted octanol–water partition coefficient (Wildman–Crippen LogP) is 6.99. The Morgan fingerprint density at radius 1 is 0.979 bits per heavy atom. The Morgan fingerprint density at radius 3 is 2.42 bits per heavy atom. The number of phenols is 1. The quantitative estimate of drug-likeness (QED) is 0.143. The molecule has 1 N–H and O–H groups in total. The van der Waals surface area contributed by atoms with Crippen molar-refractivity contribution in [3.8, 4) is 5.75 Å². The molecule has 0 aromatic heterocycles. The Morgan fingerprint density at radius 2 is 1.71 bits per heavy atom. The van der Waals surface area contributed by atoms with E-state index in [9.17, 15) is 14.7 Å². The molecule has 1 aliphatic carbocycles. The molecule has 3 aromatic rings. The molecule has 2 amide bonds. The van der Waals surface area contributed by atoms with Gasteiger partial charge in [0.05, 0.1) is 36.2 Å². The van der Waals surface area contributed by atoms with Crippen LogP contribution in [-0.4, -0.2) is 72.3 Å². The first-order valence-corrected chi connectivity index (χ1v) is 17.5. The highest BCUT2D eigenvalue weighted by Crippen LogP contribution is 2.51. The van der Waals surface area contributed by atoms with E-state index in [4.69, 9.17) is 21.1 Å². The van der Waals surface area contributed by atoms with E-state index in [0.717, 1.165) is 73.2 Å². The summed E-state index contributed by atoms with van der Waals surface area (Å²) in [4.78, 5) is 32.2. The minimum atomic E-state index is -0.375. The predicted molar refractivity (Wildman–Crippen MR) is 187 cm³/mol. The Hall–Kier alpha value is -3.75. The third kappa shape index (κ3) is 6.61. The SMILES string of the molecule is COCC1=C2[C@@H](CC/C(=C/c3ccc(O)cc3Cl)c3ccccc3)OC[C@@H]2[C@@H]2C(=O)N(C3CCN(Cc4ccccc4)CC3)C(=O)[C@@H]2C1. The van der Waals surface area contributed by atoms with Gasteiger partial charge in [0.2, 0.25) is 11.8 Å². The molecule has 3 saturated heterocycles. The summed E-state index contributed by atoms with van der Waals surface area (Å²) < 4.78 is 12.2. The topological polar surface area (TPSA) is 79.3 Å². The fourth-order valence-electron chi connectivity index (χ4n) is 8.40. The van der Waals surface area contributed by atoms with Crippen LogP contribution >= 0.6 is 11.6 Å². The number of halogens is 1. The first-order valence-electron chi connectivity index (χ1n) is 17.1. The molecular weight excluding hydrogens is 624 g/mol. The molecule has 3 aliphatic heterocycles. The van der Waals surface area contributed by atoms with Gasteiger partial charge < -0.3 is 14.6 Å². The highest BCUT2D eigenvalue weighted by molar-refractivity contribution is 6.32. The number of imide groups is 1. The number of ether oxygens (including phenoxy) is 2. The molecule has 4 atom stereocenters. The zero-order valence-corrected chi connectivity index (χ0v) is 28.1. The number of hydrogen-bond acceptors (Lipinski definition) is 6. The maximum Gasteiger partial charge on any atom is 0.234 e. The van der Waals surface area contributed by atoms with E-state index in [1.165, 1.54) is 5.56 Å². The summed E-state index contributed by atoms with van der Waals surface area (Å²) in [5.41, 5.74) is 6.58. The van der Waals surface area contributed by atoms with Crippen LogP contribution in [0.15, 0.2) is 90.0 Å². The normalized spacial score (nSPS) is 25.1. The smallest absolute Gasteiger partial charge is 0.234 e. The van der Waals surface area contributed by atoms with Gasteiger partial charge >= 0.3 is 0 Å². The third-order valence-electron chi connectivity index (χ3n) is 10.7. The number of amides is 2. The summed E-state index contributed by atoms with van der Waals surface area (Å²) in [5.74, 6) is -0.736. The molecule has 0 bridgehead atoms. The van der Waals surface area contributed by atoms with Crippen LogP contribution in [0.2, 0.25) is 5.02 Å². The summed E-state index contributed by atoms with van der Waals surface area (Å²) in [6, 6.07) is 25.6. The Labute approximate surface area is 287 Å². The van der Waals surface area contributed by atoms with Gasteiger partial charge in [0.15, 0.2) is 0 Å². The van der Waals surface area contributed by atoms with Crippen molar-refractivity contribution in [1.82, 2.24) is 9.80 Å². The van der Waals surface area contributed by atoms with Crippen LogP contribution in [0.25, 0.3) is 11.6 Å². The van der Waals surface area contributed by atoms with Crippen LogP contribution in [-0.2, 0) is 25.6 Å². The molecule has 3 heterocycles. The summed E-state index contributed by atoms with van der Waals surface area (Å²) in [5, 5.41) is 10.4. The van der Waals surface area contributed by atoms with Crippen molar-refractivity contribution in [2.75, 3.05) is 33.4 Å². The van der Waals surface area contributed by atoms with Gasteiger partial charge in [0, 0.05) is 38.7 Å². The van der Waals surface area contributed by atoms with Crippen LogP contribution in [0.3, 0.4) is 0 Å². The average molecular weight is 667 g/mol. The number of methoxy groups -OCH3 is 1. The van der Waals surface area contributed by atoms with Gasteiger partial charge in [-0.25, -0.2) is 0 Å². The van der Waals surface area contributed by atoms with E-state index in [1.54, 1.807) is 24.1 Å². The number of piperidine rings is 1. The van der Waals surface area contributed by atoms with Gasteiger partial charge in [-0.15, -0.1) is 0 Å². The fourth-order valence-corrected chi connectivity index (χ4v) is 8.63. The largest absolute Gasteiger partial charge is 0.508 e. The van der Waals surface area contributed by atoms with Crippen molar-refractivity contribution in [3.63, 3.8) is 0 Å². The Kier molecular flexibility index (Phi) is 9.83. The molecule has 3 aromatic carbocycles. The molecule has 0 saturated carbocycles. The summed E-state index contributed by atoms with van der Waals surface area (Å²) >= 11 is 6.50. The van der Waals surface area contributed by atoms with Crippen LogP contribution in [0, 0.1) is 17.8 Å². The van der Waals surface area contributed by atoms with Crippen LogP contribution in [0.1, 0.15) is 48.8 Å². The zero-order valence-electron chi connectivity index (χ0n) is 27.4. The molecule has 4 aliphatic rings. The lowest BCUT2D eigenvalue weighted by atomic mass is 9.69. The van der Waals surface area contributed by atoms with Crippen molar-refractivity contribution < 1.29 is 24.2 Å². The third-order valence-corrected chi connectivity index (χ3v) is 11.0. The molecule has 0 radical (unpaired) electrons. The fraction of sp³-hybridized carbons (Fsp3) is 0.400. The number of phenolic OH excluding ortho intramolecular Hbond substituents is 1. The molecule has 0 unspecified atom stereocenters. The van der Waals surface area contributed by atoms with Crippen molar-refractivity contribution in [1.29, 1.82) is 0 Å². The van der Waals surface area contributed by atoms with E-state index in [-0.39, 0.29) is 47.5 Å². The number of allylic oxidation sites excluding steroid dienone is 1. The average Bonchev–Trinajstić information content (AvgIpc) is 3.63. The number of carbonyl (C=O) groups excluding carboxylic acids is 2. The van der Waals surface area contributed by atoms with Crippen molar-refractivity contribution in [2.45, 2.75) is 50.8 Å². The second-order valence-corrected chi connectivity index (χ2v) is 14.0. The van der Waals surface area contributed by atoms with Crippen molar-refractivity contribution in [3.05, 3.63) is 112 Å². The number of likely N-dealkylation sites (tertiary alicyclic amines) is 2. The van der Waals surface area contributed by atoms with Gasteiger partial charge in [-0.1, -0.05) is 72.3 Å². The minimum absolute atomic E-state index is 0.0114. The van der Waals surface area contributed by atoms with Crippen molar-refractivity contribution in [2.24, 2.45) is 17.8 Å². The molecule has 0 spiro atoms. The van der Waals surface area contributed by atoms with E-state index in [0.29, 0.717) is 24.7 Å². The number of aromatic hydroxyl groups is 1. The molecule has 3 fully saturated rings. The Balaban J connectivity index is 1.08. The molecule has 8 heteroatoms. The molecule has 7 rings (SSSR count). The summed E-state index contributed by atoms with van der Waals surface area (Å²) in [6.07, 6.45) is 5.50. The monoisotopic (exact) mass is 666 g/mol. The molecule has 7 nitrogen and oxygen atoms in total. The first kappa shape index (κ1) is 32.8. The van der Waals surface area contributed by atoms with Gasteiger partial charge in [-0.2, -0.15) is 0 Å². The molecular formula is C40H43ClN2O5. The minimum Gasteiger partial charge on any atom is -0.508 e. The zero-order chi connectivity index (χ0) is 33.2. The summed E-state index contributed by atoms with van der Waals surface area (Å²) in [6.45, 7) is 3.49. The molecule has 48 heavy (non-hydrogen) atoms. The van der Waals surface area contributed by atoms with Gasteiger partial charge in [0.25, 0.3) is 0 Å². The van der Waals surface area contributed by atoms with E-state index in [1.807, 2.05) is 30.3 Å². The highest BCUT2D eigenvalue weighted by atomic mass is 35.5. The number of carbonyl (C=O) groups is 2. The highest BCUT2D eigenvalue weighted by Gasteiger charge is 2.58. The summed E-state index contributed by atoms with van der Waals surface area (Å²) in [7, 11) is 1.69. The van der Waals surface area contributed by atoms with E-state index in [2.05, 4.69) is 47.4 Å². The van der Waals surface area contributed by atoms with Gasteiger partial charge in [-0.05, 0) is 89.8 Å². The van der Waals surface area contributed by atoms with E-state index < -0.39 is 0 Å². The lowest BCUT2D eigenvalue weighted by molar-refractivity contribution is -0.144. The molecule has 250 valence electrons. The van der Waals surface area contributed by atoms with E-state index >= 15 is 0 Å². The van der Waals surface area contributed by atoms with Gasteiger partial charge in [0.1, 0.15) is 5.75 Å².